The maximum atomic E-state index is 14.0. The molecule has 0 fully saturated rings. The van der Waals surface area contributed by atoms with Crippen LogP contribution in [0.25, 0.3) is 0 Å². The molecule has 4 heteroatoms. The van der Waals surface area contributed by atoms with Crippen LogP contribution in [0, 0.1) is 5.82 Å². The molecule has 0 spiro atoms. The highest BCUT2D eigenvalue weighted by Crippen LogP contribution is 2.23. The highest BCUT2D eigenvalue weighted by molar-refractivity contribution is 6.30. The predicted molar refractivity (Wildman–Crippen MR) is 93.6 cm³/mol. The van der Waals surface area contributed by atoms with Gasteiger partial charge in [-0.2, -0.15) is 0 Å². The highest BCUT2D eigenvalue weighted by Gasteiger charge is 2.19. The zero-order valence-corrected chi connectivity index (χ0v) is 13.5. The van der Waals surface area contributed by atoms with Gasteiger partial charge in [0.25, 0.3) is 5.91 Å². The van der Waals surface area contributed by atoms with Gasteiger partial charge in [-0.05, 0) is 29.3 Å². The van der Waals surface area contributed by atoms with Crippen LogP contribution in [0.15, 0.2) is 78.9 Å². The maximum Gasteiger partial charge on any atom is 0.255 e. The van der Waals surface area contributed by atoms with Crippen molar-refractivity contribution in [2.24, 2.45) is 0 Å². The van der Waals surface area contributed by atoms with Crippen molar-refractivity contribution < 1.29 is 9.18 Å². The molecule has 0 radical (unpaired) electrons. The van der Waals surface area contributed by atoms with Crippen molar-refractivity contribution in [1.82, 2.24) is 5.32 Å². The number of nitrogens with one attached hydrogen (secondary N) is 1. The molecule has 0 aromatic heterocycles. The summed E-state index contributed by atoms with van der Waals surface area (Å²) in [6.45, 7) is 0. The molecule has 0 heterocycles. The molecule has 3 aromatic carbocycles. The SMILES string of the molecule is O=C(NC(c1ccccc1)c1ccccc1)c1ccc(Cl)cc1F. The summed E-state index contributed by atoms with van der Waals surface area (Å²) in [6.07, 6.45) is 0. The molecule has 3 rings (SSSR count). The van der Waals surface area contributed by atoms with Crippen molar-refractivity contribution in [2.75, 3.05) is 0 Å². The number of rotatable bonds is 4. The summed E-state index contributed by atoms with van der Waals surface area (Å²) in [4.78, 5) is 12.5. The Balaban J connectivity index is 1.94. The fraction of sp³-hybridized carbons (Fsp3) is 0.0500. The Morgan fingerprint density at radius 3 is 1.92 bits per heavy atom. The lowest BCUT2D eigenvalue weighted by atomic mass is 9.98. The molecule has 1 amide bonds. The number of halogens is 2. The molecule has 0 saturated heterocycles. The van der Waals surface area contributed by atoms with Crippen molar-refractivity contribution in [3.63, 3.8) is 0 Å². The molecule has 0 unspecified atom stereocenters. The quantitative estimate of drug-likeness (QED) is 0.712. The van der Waals surface area contributed by atoms with Gasteiger partial charge in [0.2, 0.25) is 0 Å². The number of carbonyl (C=O) groups excluding carboxylic acids is 1. The minimum Gasteiger partial charge on any atom is -0.341 e. The summed E-state index contributed by atoms with van der Waals surface area (Å²) in [5.74, 6) is -1.12. The van der Waals surface area contributed by atoms with Gasteiger partial charge in [-0.3, -0.25) is 4.79 Å². The van der Waals surface area contributed by atoms with Crippen LogP contribution in [-0.2, 0) is 0 Å². The van der Waals surface area contributed by atoms with Crippen LogP contribution < -0.4 is 5.32 Å². The van der Waals surface area contributed by atoms with E-state index in [9.17, 15) is 9.18 Å². The minimum absolute atomic E-state index is 0.0312. The first kappa shape index (κ1) is 16.2. The topological polar surface area (TPSA) is 29.1 Å². The Morgan fingerprint density at radius 1 is 0.875 bits per heavy atom. The van der Waals surface area contributed by atoms with Crippen LogP contribution in [0.2, 0.25) is 5.02 Å². The summed E-state index contributed by atoms with van der Waals surface area (Å²) in [7, 11) is 0. The van der Waals surface area contributed by atoms with Crippen LogP contribution in [-0.4, -0.2) is 5.91 Å². The van der Waals surface area contributed by atoms with E-state index in [4.69, 9.17) is 11.6 Å². The number of carbonyl (C=O) groups is 1. The van der Waals surface area contributed by atoms with E-state index in [-0.39, 0.29) is 16.6 Å². The smallest absolute Gasteiger partial charge is 0.255 e. The number of amides is 1. The normalized spacial score (nSPS) is 10.6. The Kier molecular flexibility index (Phi) is 4.92. The van der Waals surface area contributed by atoms with Crippen LogP contribution in [0.4, 0.5) is 4.39 Å². The van der Waals surface area contributed by atoms with E-state index in [0.717, 1.165) is 17.2 Å². The van der Waals surface area contributed by atoms with E-state index in [1.807, 2.05) is 60.7 Å². The summed E-state index contributed by atoms with van der Waals surface area (Å²) in [5.41, 5.74) is 1.81. The van der Waals surface area contributed by atoms with E-state index in [0.29, 0.717) is 0 Å². The van der Waals surface area contributed by atoms with Gasteiger partial charge in [0, 0.05) is 5.02 Å². The van der Waals surface area contributed by atoms with Crippen LogP contribution in [0.3, 0.4) is 0 Å². The monoisotopic (exact) mass is 339 g/mol. The van der Waals surface area contributed by atoms with E-state index in [1.165, 1.54) is 12.1 Å². The number of hydrogen-bond donors (Lipinski definition) is 1. The first-order chi connectivity index (χ1) is 11.6. The van der Waals surface area contributed by atoms with Crippen LogP contribution >= 0.6 is 11.6 Å². The van der Waals surface area contributed by atoms with Crippen molar-refractivity contribution >= 4 is 17.5 Å². The average molecular weight is 340 g/mol. The third kappa shape index (κ3) is 3.63. The molecular formula is C20H15ClFNO. The lowest BCUT2D eigenvalue weighted by Gasteiger charge is -2.20. The van der Waals surface area contributed by atoms with Crippen molar-refractivity contribution in [2.45, 2.75) is 6.04 Å². The molecule has 2 nitrogen and oxygen atoms in total. The first-order valence-electron chi connectivity index (χ1n) is 7.51. The number of benzene rings is 3. The fourth-order valence-corrected chi connectivity index (χ4v) is 2.69. The summed E-state index contributed by atoms with van der Waals surface area (Å²) in [6, 6.07) is 22.8. The lowest BCUT2D eigenvalue weighted by Crippen LogP contribution is -2.30. The van der Waals surface area contributed by atoms with Gasteiger partial charge in [0.15, 0.2) is 0 Å². The number of hydrogen-bond acceptors (Lipinski definition) is 1. The second-order valence-electron chi connectivity index (χ2n) is 5.35. The van der Waals surface area contributed by atoms with Gasteiger partial charge in [-0.15, -0.1) is 0 Å². The molecule has 0 aliphatic carbocycles. The summed E-state index contributed by atoms with van der Waals surface area (Å²) in [5, 5.41) is 3.16. The minimum atomic E-state index is -0.639. The van der Waals surface area contributed by atoms with Gasteiger partial charge in [-0.1, -0.05) is 72.3 Å². The molecular weight excluding hydrogens is 325 g/mol. The molecule has 120 valence electrons. The highest BCUT2D eigenvalue weighted by atomic mass is 35.5. The molecule has 0 saturated carbocycles. The Morgan fingerprint density at radius 2 is 1.42 bits per heavy atom. The molecule has 3 aromatic rings. The lowest BCUT2D eigenvalue weighted by molar-refractivity contribution is 0.0939. The zero-order valence-electron chi connectivity index (χ0n) is 12.7. The fourth-order valence-electron chi connectivity index (χ4n) is 2.53. The van der Waals surface area contributed by atoms with Crippen molar-refractivity contribution in [1.29, 1.82) is 0 Å². The maximum absolute atomic E-state index is 14.0. The van der Waals surface area contributed by atoms with Crippen LogP contribution in [0.5, 0.6) is 0 Å². The summed E-state index contributed by atoms with van der Waals surface area (Å²) < 4.78 is 14.0. The largest absolute Gasteiger partial charge is 0.341 e. The van der Waals surface area contributed by atoms with Gasteiger partial charge in [0.05, 0.1) is 11.6 Å². The van der Waals surface area contributed by atoms with Crippen molar-refractivity contribution in [3.05, 3.63) is 106 Å². The van der Waals surface area contributed by atoms with E-state index in [1.54, 1.807) is 0 Å². The van der Waals surface area contributed by atoms with Crippen molar-refractivity contribution in [3.8, 4) is 0 Å². The van der Waals surface area contributed by atoms with Crippen LogP contribution in [0.1, 0.15) is 27.5 Å². The third-order valence-electron chi connectivity index (χ3n) is 3.72. The zero-order chi connectivity index (χ0) is 16.9. The standard InChI is InChI=1S/C20H15ClFNO/c21-16-11-12-17(18(22)13-16)20(24)23-19(14-7-3-1-4-8-14)15-9-5-2-6-10-15/h1-13,19H,(H,23,24). The third-order valence-corrected chi connectivity index (χ3v) is 3.95. The molecule has 0 aliphatic heterocycles. The van der Waals surface area contributed by atoms with Gasteiger partial charge in [0.1, 0.15) is 5.82 Å². The van der Waals surface area contributed by atoms with Gasteiger partial charge in [-0.25, -0.2) is 4.39 Å². The Bertz CT molecular complexity index is 797. The second-order valence-corrected chi connectivity index (χ2v) is 5.79. The van der Waals surface area contributed by atoms with E-state index < -0.39 is 11.7 Å². The van der Waals surface area contributed by atoms with E-state index >= 15 is 0 Å². The van der Waals surface area contributed by atoms with Gasteiger partial charge >= 0.3 is 0 Å². The second kappa shape index (κ2) is 7.28. The first-order valence-corrected chi connectivity index (χ1v) is 7.89. The Hall–Kier alpha value is -2.65. The summed E-state index contributed by atoms with van der Waals surface area (Å²) >= 11 is 5.75. The molecule has 0 atom stereocenters. The molecule has 1 N–H and O–H groups in total. The Labute approximate surface area is 144 Å². The van der Waals surface area contributed by atoms with E-state index in [2.05, 4.69) is 5.32 Å². The van der Waals surface area contributed by atoms with Gasteiger partial charge < -0.3 is 5.32 Å². The average Bonchev–Trinajstić information content (AvgIpc) is 2.61. The predicted octanol–water partition coefficient (Wildman–Crippen LogP) is 5.00. The molecule has 0 aliphatic rings. The molecule has 0 bridgehead atoms. The molecule has 24 heavy (non-hydrogen) atoms.